The van der Waals surface area contributed by atoms with Gasteiger partial charge in [-0.15, -0.1) is 0 Å². The molecule has 0 radical (unpaired) electrons. The second kappa shape index (κ2) is 6.29. The Morgan fingerprint density at radius 2 is 1.96 bits per heavy atom. The summed E-state index contributed by atoms with van der Waals surface area (Å²) in [7, 11) is 0. The summed E-state index contributed by atoms with van der Waals surface area (Å²) in [6.45, 7) is 1.77. The predicted molar refractivity (Wildman–Crippen MR) is 80.7 cm³/mol. The molecule has 0 saturated carbocycles. The summed E-state index contributed by atoms with van der Waals surface area (Å²) >= 11 is 0. The van der Waals surface area contributed by atoms with Crippen LogP contribution in [0.1, 0.15) is 18.4 Å². The Balaban J connectivity index is 1.59. The third-order valence-corrected chi connectivity index (χ3v) is 4.22. The van der Waals surface area contributed by atoms with Crippen molar-refractivity contribution in [3.05, 3.63) is 17.8 Å². The minimum Gasteiger partial charge on any atom is -0.368 e. The van der Waals surface area contributed by atoms with Crippen LogP contribution in [0.5, 0.6) is 0 Å². The topological polar surface area (TPSA) is 65.5 Å². The smallest absolute Gasteiger partial charge is 0.368 e. The Hall–Kier alpha value is -2.32. The van der Waals surface area contributed by atoms with Crippen LogP contribution in [0.4, 0.5) is 24.7 Å². The molecule has 0 spiro atoms. The molecule has 130 valence electrons. The van der Waals surface area contributed by atoms with Gasteiger partial charge in [0.05, 0.1) is 12.8 Å². The summed E-state index contributed by atoms with van der Waals surface area (Å²) in [6, 6.07) is 1.82. The first-order valence-electron chi connectivity index (χ1n) is 7.71. The van der Waals surface area contributed by atoms with Gasteiger partial charge in [-0.3, -0.25) is 9.59 Å². The Bertz CT molecular complexity index is 655. The van der Waals surface area contributed by atoms with E-state index in [2.05, 4.69) is 10.3 Å². The Labute approximate surface area is 136 Å². The average Bonchev–Trinajstić information content (AvgIpc) is 2.92. The molecule has 0 atom stereocenters. The first-order chi connectivity index (χ1) is 11.3. The van der Waals surface area contributed by atoms with Gasteiger partial charge in [0.1, 0.15) is 5.82 Å². The van der Waals surface area contributed by atoms with Gasteiger partial charge >= 0.3 is 6.18 Å². The summed E-state index contributed by atoms with van der Waals surface area (Å²) < 4.78 is 36.6. The van der Waals surface area contributed by atoms with Crippen molar-refractivity contribution < 1.29 is 22.8 Å². The van der Waals surface area contributed by atoms with Gasteiger partial charge in [-0.2, -0.15) is 13.2 Å². The van der Waals surface area contributed by atoms with Gasteiger partial charge in [-0.05, 0) is 6.07 Å². The third-order valence-electron chi connectivity index (χ3n) is 4.22. The van der Waals surface area contributed by atoms with Crippen LogP contribution in [0.25, 0.3) is 0 Å². The van der Waals surface area contributed by atoms with Crippen LogP contribution in [0.15, 0.2) is 12.3 Å². The number of piperazine rings is 1. The fourth-order valence-electron chi connectivity index (χ4n) is 3.00. The number of carbonyl (C=O) groups excluding carboxylic acids is 2. The van der Waals surface area contributed by atoms with Crippen LogP contribution in [-0.2, 0) is 16.0 Å². The van der Waals surface area contributed by atoms with E-state index in [0.717, 1.165) is 11.3 Å². The molecule has 1 saturated heterocycles. The second-order valence-corrected chi connectivity index (χ2v) is 5.87. The maximum absolute atomic E-state index is 12.2. The molecular formula is C15H17F3N4O2. The molecule has 3 heterocycles. The van der Waals surface area contributed by atoms with Crippen molar-refractivity contribution in [3.8, 4) is 0 Å². The van der Waals surface area contributed by atoms with Gasteiger partial charge in [-0.1, -0.05) is 0 Å². The van der Waals surface area contributed by atoms with Crippen LogP contribution in [0.2, 0.25) is 0 Å². The molecule has 1 fully saturated rings. The van der Waals surface area contributed by atoms with E-state index in [0.29, 0.717) is 32.0 Å². The number of halogens is 3. The minimum absolute atomic E-state index is 0.106. The zero-order valence-electron chi connectivity index (χ0n) is 12.9. The summed E-state index contributed by atoms with van der Waals surface area (Å²) in [5, 5.41) is 2.69. The van der Waals surface area contributed by atoms with Crippen molar-refractivity contribution in [3.63, 3.8) is 0 Å². The fraction of sp³-hybridized carbons (Fsp3) is 0.533. The Kier molecular flexibility index (Phi) is 4.33. The zero-order valence-corrected chi connectivity index (χ0v) is 12.9. The van der Waals surface area contributed by atoms with E-state index in [1.54, 1.807) is 6.20 Å². The highest BCUT2D eigenvalue weighted by atomic mass is 19.4. The normalized spacial score (nSPS) is 17.7. The first kappa shape index (κ1) is 16.5. The standard InChI is InChI=1S/C15H17F3N4O2/c16-15(17,18)3-1-13(24)22-7-5-21(6-8-22)11-2-4-19-14-10(11)9-12(23)20-14/h2,4H,1,3,5-9H2,(H,19,20,23). The summed E-state index contributed by atoms with van der Waals surface area (Å²) in [6.07, 6.45) is -4.03. The quantitative estimate of drug-likeness (QED) is 0.906. The van der Waals surface area contributed by atoms with E-state index in [1.807, 2.05) is 11.0 Å². The van der Waals surface area contributed by atoms with Gasteiger partial charge < -0.3 is 15.1 Å². The number of alkyl halides is 3. The molecule has 0 unspecified atom stereocenters. The molecule has 2 aliphatic rings. The van der Waals surface area contributed by atoms with Crippen LogP contribution in [0, 0.1) is 0 Å². The van der Waals surface area contributed by atoms with Gasteiger partial charge in [0.25, 0.3) is 0 Å². The lowest BCUT2D eigenvalue weighted by molar-refractivity contribution is -0.149. The van der Waals surface area contributed by atoms with Crippen molar-refractivity contribution in [1.82, 2.24) is 9.88 Å². The van der Waals surface area contributed by atoms with E-state index in [4.69, 9.17) is 0 Å². The van der Waals surface area contributed by atoms with Crippen molar-refractivity contribution >= 4 is 23.3 Å². The monoisotopic (exact) mass is 342 g/mol. The maximum Gasteiger partial charge on any atom is 0.389 e. The molecule has 0 aliphatic carbocycles. The number of amides is 2. The van der Waals surface area contributed by atoms with E-state index in [-0.39, 0.29) is 12.3 Å². The fourth-order valence-corrected chi connectivity index (χ4v) is 3.00. The van der Waals surface area contributed by atoms with Gasteiger partial charge in [0.15, 0.2) is 0 Å². The maximum atomic E-state index is 12.2. The number of pyridine rings is 1. The molecule has 0 aromatic carbocycles. The van der Waals surface area contributed by atoms with Crippen molar-refractivity contribution in [2.45, 2.75) is 25.4 Å². The van der Waals surface area contributed by atoms with E-state index < -0.39 is 24.9 Å². The number of anilines is 2. The number of carbonyl (C=O) groups is 2. The van der Waals surface area contributed by atoms with E-state index >= 15 is 0 Å². The zero-order chi connectivity index (χ0) is 17.3. The SMILES string of the molecule is O=C1Cc2c(N3CCN(C(=O)CCC(F)(F)F)CC3)ccnc2N1. The number of rotatable bonds is 3. The van der Waals surface area contributed by atoms with Crippen molar-refractivity contribution in [1.29, 1.82) is 0 Å². The molecule has 3 rings (SSSR count). The molecule has 2 amide bonds. The van der Waals surface area contributed by atoms with E-state index in [9.17, 15) is 22.8 Å². The number of hydrogen-bond acceptors (Lipinski definition) is 4. The molecule has 9 heteroatoms. The van der Waals surface area contributed by atoms with Crippen LogP contribution < -0.4 is 10.2 Å². The lowest BCUT2D eigenvalue weighted by Gasteiger charge is -2.36. The predicted octanol–water partition coefficient (Wildman–Crippen LogP) is 1.57. The highest BCUT2D eigenvalue weighted by Gasteiger charge is 2.31. The summed E-state index contributed by atoms with van der Waals surface area (Å²) in [4.78, 5) is 31.0. The lowest BCUT2D eigenvalue weighted by Crippen LogP contribution is -2.49. The first-order valence-corrected chi connectivity index (χ1v) is 7.71. The molecule has 24 heavy (non-hydrogen) atoms. The largest absolute Gasteiger partial charge is 0.389 e. The average molecular weight is 342 g/mol. The molecule has 2 aliphatic heterocycles. The number of nitrogens with zero attached hydrogens (tertiary/aromatic N) is 3. The second-order valence-electron chi connectivity index (χ2n) is 5.87. The Morgan fingerprint density at radius 3 is 2.62 bits per heavy atom. The third kappa shape index (κ3) is 3.60. The summed E-state index contributed by atoms with van der Waals surface area (Å²) in [5.74, 6) is -0.0177. The van der Waals surface area contributed by atoms with Crippen molar-refractivity contribution in [2.24, 2.45) is 0 Å². The highest BCUT2D eigenvalue weighted by molar-refractivity contribution is 6.00. The van der Waals surface area contributed by atoms with Crippen molar-refractivity contribution in [2.75, 3.05) is 36.4 Å². The number of nitrogens with one attached hydrogen (secondary N) is 1. The van der Waals surface area contributed by atoms with E-state index in [1.165, 1.54) is 4.90 Å². The molecule has 1 N–H and O–H groups in total. The number of fused-ring (bicyclic) bond motifs is 1. The van der Waals surface area contributed by atoms with Crippen LogP contribution >= 0.6 is 0 Å². The van der Waals surface area contributed by atoms with Crippen LogP contribution in [0.3, 0.4) is 0 Å². The molecule has 1 aromatic heterocycles. The summed E-state index contributed by atoms with van der Waals surface area (Å²) in [5.41, 5.74) is 1.72. The van der Waals surface area contributed by atoms with Gasteiger partial charge in [0, 0.05) is 50.0 Å². The van der Waals surface area contributed by atoms with Crippen LogP contribution in [-0.4, -0.2) is 54.1 Å². The molecular weight excluding hydrogens is 325 g/mol. The highest BCUT2D eigenvalue weighted by Crippen LogP contribution is 2.31. The Morgan fingerprint density at radius 1 is 1.25 bits per heavy atom. The molecule has 6 nitrogen and oxygen atoms in total. The molecule has 1 aromatic rings. The lowest BCUT2D eigenvalue weighted by atomic mass is 10.1. The molecule has 0 bridgehead atoms. The van der Waals surface area contributed by atoms with Gasteiger partial charge in [-0.25, -0.2) is 4.98 Å². The number of hydrogen-bond donors (Lipinski definition) is 1. The minimum atomic E-state index is -4.31. The number of aromatic nitrogens is 1. The van der Waals surface area contributed by atoms with Gasteiger partial charge in [0.2, 0.25) is 11.8 Å².